The van der Waals surface area contributed by atoms with Crippen LogP contribution in [-0.4, -0.2) is 11.7 Å². The minimum Gasteiger partial charge on any atom is -0.388 e. The Balaban J connectivity index is 2.36. The number of nitrogens with two attached hydrogens (primary N) is 1. The molecule has 106 valence electrons. The SMILES string of the molecule is Cc1ccc(C(CN)C(O)c2cccc(Br)c2C)cc1. The van der Waals surface area contributed by atoms with Crippen LogP contribution in [0.15, 0.2) is 46.9 Å². The van der Waals surface area contributed by atoms with Gasteiger partial charge in [-0.3, -0.25) is 0 Å². The van der Waals surface area contributed by atoms with E-state index in [4.69, 9.17) is 5.73 Å². The average molecular weight is 334 g/mol. The molecule has 0 aliphatic carbocycles. The van der Waals surface area contributed by atoms with Gasteiger partial charge in [-0.15, -0.1) is 0 Å². The summed E-state index contributed by atoms with van der Waals surface area (Å²) in [6, 6.07) is 14.1. The summed E-state index contributed by atoms with van der Waals surface area (Å²) in [6.07, 6.45) is -0.597. The molecule has 0 heterocycles. The largest absolute Gasteiger partial charge is 0.388 e. The quantitative estimate of drug-likeness (QED) is 0.892. The number of hydrogen-bond acceptors (Lipinski definition) is 2. The van der Waals surface area contributed by atoms with Crippen LogP contribution in [0.4, 0.5) is 0 Å². The normalized spacial score (nSPS) is 14.1. The molecule has 20 heavy (non-hydrogen) atoms. The summed E-state index contributed by atoms with van der Waals surface area (Å²) in [7, 11) is 0. The van der Waals surface area contributed by atoms with Gasteiger partial charge in [0, 0.05) is 16.9 Å². The van der Waals surface area contributed by atoms with Crippen molar-refractivity contribution in [2.24, 2.45) is 5.73 Å². The van der Waals surface area contributed by atoms with Crippen LogP contribution in [0.3, 0.4) is 0 Å². The van der Waals surface area contributed by atoms with Gasteiger partial charge >= 0.3 is 0 Å². The Kier molecular flexibility index (Phi) is 4.97. The van der Waals surface area contributed by atoms with Gasteiger partial charge in [-0.25, -0.2) is 0 Å². The third-order valence-electron chi connectivity index (χ3n) is 3.77. The number of rotatable bonds is 4. The smallest absolute Gasteiger partial charge is 0.0873 e. The Bertz CT molecular complexity index is 580. The summed E-state index contributed by atoms with van der Waals surface area (Å²) < 4.78 is 1.01. The predicted octanol–water partition coefficient (Wildman–Crippen LogP) is 3.84. The highest BCUT2D eigenvalue weighted by atomic mass is 79.9. The monoisotopic (exact) mass is 333 g/mol. The topological polar surface area (TPSA) is 46.2 Å². The molecule has 0 aromatic heterocycles. The summed E-state index contributed by atoms with van der Waals surface area (Å²) in [4.78, 5) is 0. The lowest BCUT2D eigenvalue weighted by Crippen LogP contribution is -2.20. The van der Waals surface area contributed by atoms with Crippen molar-refractivity contribution in [1.29, 1.82) is 0 Å². The van der Waals surface area contributed by atoms with E-state index in [-0.39, 0.29) is 5.92 Å². The van der Waals surface area contributed by atoms with Crippen molar-refractivity contribution in [3.05, 3.63) is 69.2 Å². The fraction of sp³-hybridized carbons (Fsp3) is 0.294. The Morgan fingerprint density at radius 3 is 2.35 bits per heavy atom. The van der Waals surface area contributed by atoms with Crippen LogP contribution < -0.4 is 5.73 Å². The Labute approximate surface area is 128 Å². The third kappa shape index (κ3) is 3.11. The molecule has 2 atom stereocenters. The zero-order chi connectivity index (χ0) is 14.7. The number of aliphatic hydroxyl groups excluding tert-OH is 1. The zero-order valence-electron chi connectivity index (χ0n) is 11.8. The highest BCUT2D eigenvalue weighted by Gasteiger charge is 2.23. The maximum atomic E-state index is 10.7. The molecule has 3 heteroatoms. The molecule has 2 nitrogen and oxygen atoms in total. The van der Waals surface area contributed by atoms with E-state index in [0.29, 0.717) is 6.54 Å². The molecular weight excluding hydrogens is 314 g/mol. The zero-order valence-corrected chi connectivity index (χ0v) is 13.4. The van der Waals surface area contributed by atoms with Crippen LogP contribution in [0.2, 0.25) is 0 Å². The standard InChI is InChI=1S/C17H20BrNO/c1-11-6-8-13(9-7-11)15(10-19)17(20)14-4-3-5-16(18)12(14)2/h3-9,15,17,20H,10,19H2,1-2H3. The number of aliphatic hydroxyl groups is 1. The van der Waals surface area contributed by atoms with Crippen molar-refractivity contribution in [2.45, 2.75) is 25.9 Å². The van der Waals surface area contributed by atoms with Crippen LogP contribution >= 0.6 is 15.9 Å². The molecular formula is C17H20BrNO. The fourth-order valence-electron chi connectivity index (χ4n) is 2.42. The molecule has 0 saturated heterocycles. The van der Waals surface area contributed by atoms with Crippen LogP contribution in [-0.2, 0) is 0 Å². The van der Waals surface area contributed by atoms with E-state index in [1.165, 1.54) is 5.56 Å². The Hall–Kier alpha value is -1.16. The van der Waals surface area contributed by atoms with Crippen molar-refractivity contribution in [3.63, 3.8) is 0 Å². The van der Waals surface area contributed by atoms with Gasteiger partial charge in [0.2, 0.25) is 0 Å². The molecule has 0 radical (unpaired) electrons. The van der Waals surface area contributed by atoms with Crippen molar-refractivity contribution >= 4 is 15.9 Å². The molecule has 0 amide bonds. The van der Waals surface area contributed by atoms with Gasteiger partial charge < -0.3 is 10.8 Å². The van der Waals surface area contributed by atoms with E-state index in [0.717, 1.165) is 21.2 Å². The molecule has 2 rings (SSSR count). The molecule has 2 unspecified atom stereocenters. The van der Waals surface area contributed by atoms with Crippen molar-refractivity contribution in [1.82, 2.24) is 0 Å². The van der Waals surface area contributed by atoms with E-state index in [2.05, 4.69) is 35.0 Å². The van der Waals surface area contributed by atoms with Crippen LogP contribution in [0.1, 0.15) is 34.3 Å². The maximum absolute atomic E-state index is 10.7. The molecule has 0 bridgehead atoms. The summed E-state index contributed by atoms with van der Waals surface area (Å²) >= 11 is 3.51. The van der Waals surface area contributed by atoms with Crippen molar-refractivity contribution < 1.29 is 5.11 Å². The maximum Gasteiger partial charge on any atom is 0.0873 e. The number of aryl methyl sites for hydroxylation is 1. The van der Waals surface area contributed by atoms with E-state index >= 15 is 0 Å². The van der Waals surface area contributed by atoms with Gasteiger partial charge in [0.1, 0.15) is 0 Å². The molecule has 0 aliphatic rings. The minimum absolute atomic E-state index is 0.0939. The first kappa shape index (κ1) is 15.2. The van der Waals surface area contributed by atoms with Gasteiger partial charge in [0.25, 0.3) is 0 Å². The van der Waals surface area contributed by atoms with Crippen molar-refractivity contribution in [2.75, 3.05) is 6.54 Å². The number of benzene rings is 2. The summed E-state index contributed by atoms with van der Waals surface area (Å²) in [5.74, 6) is -0.0939. The van der Waals surface area contributed by atoms with Crippen molar-refractivity contribution in [3.8, 4) is 0 Å². The lowest BCUT2D eigenvalue weighted by atomic mass is 9.87. The molecule has 0 aliphatic heterocycles. The second-order valence-electron chi connectivity index (χ2n) is 5.15. The molecule has 2 aromatic rings. The minimum atomic E-state index is -0.597. The predicted molar refractivity (Wildman–Crippen MR) is 86.8 cm³/mol. The second kappa shape index (κ2) is 6.53. The Morgan fingerprint density at radius 1 is 1.10 bits per heavy atom. The van der Waals surface area contributed by atoms with E-state index in [9.17, 15) is 5.11 Å². The molecule has 3 N–H and O–H groups in total. The lowest BCUT2D eigenvalue weighted by molar-refractivity contribution is 0.146. The van der Waals surface area contributed by atoms with E-state index in [1.54, 1.807) is 0 Å². The first-order chi connectivity index (χ1) is 9.54. The first-order valence-electron chi connectivity index (χ1n) is 6.74. The van der Waals surface area contributed by atoms with Crippen LogP contribution in [0.25, 0.3) is 0 Å². The van der Waals surface area contributed by atoms with E-state index < -0.39 is 6.10 Å². The van der Waals surface area contributed by atoms with Crippen LogP contribution in [0, 0.1) is 13.8 Å². The molecule has 2 aromatic carbocycles. The van der Waals surface area contributed by atoms with E-state index in [1.807, 2.05) is 37.3 Å². The third-order valence-corrected chi connectivity index (χ3v) is 4.63. The summed E-state index contributed by atoms with van der Waals surface area (Å²) in [5, 5.41) is 10.7. The highest BCUT2D eigenvalue weighted by molar-refractivity contribution is 9.10. The highest BCUT2D eigenvalue weighted by Crippen LogP contribution is 2.34. The number of halogens is 1. The van der Waals surface area contributed by atoms with Gasteiger partial charge in [0.05, 0.1) is 6.10 Å². The van der Waals surface area contributed by atoms with Gasteiger partial charge in [0.15, 0.2) is 0 Å². The first-order valence-corrected chi connectivity index (χ1v) is 7.53. The fourth-order valence-corrected chi connectivity index (χ4v) is 2.80. The van der Waals surface area contributed by atoms with Gasteiger partial charge in [-0.05, 0) is 36.6 Å². The van der Waals surface area contributed by atoms with Crippen LogP contribution in [0.5, 0.6) is 0 Å². The summed E-state index contributed by atoms with van der Waals surface area (Å²) in [5.41, 5.74) is 10.2. The second-order valence-corrected chi connectivity index (χ2v) is 6.01. The average Bonchev–Trinajstić information content (AvgIpc) is 2.44. The molecule has 0 fully saturated rings. The Morgan fingerprint density at radius 2 is 1.75 bits per heavy atom. The number of hydrogen-bond donors (Lipinski definition) is 2. The molecule has 0 saturated carbocycles. The van der Waals surface area contributed by atoms with Gasteiger partial charge in [-0.1, -0.05) is 57.9 Å². The molecule has 0 spiro atoms. The lowest BCUT2D eigenvalue weighted by Gasteiger charge is -2.24. The van der Waals surface area contributed by atoms with Gasteiger partial charge in [-0.2, -0.15) is 0 Å². The summed E-state index contributed by atoms with van der Waals surface area (Å²) in [6.45, 7) is 4.47.